The molecule has 4 heteroatoms. The largest absolute Gasteiger partial charge is 0.492 e. The van der Waals surface area contributed by atoms with Gasteiger partial charge in [-0.05, 0) is 17.7 Å². The molecule has 2 rings (SSSR count). The van der Waals surface area contributed by atoms with E-state index in [4.69, 9.17) is 9.84 Å². The molecule has 0 atom stereocenters. The van der Waals surface area contributed by atoms with Gasteiger partial charge in [0.1, 0.15) is 5.75 Å². The van der Waals surface area contributed by atoms with Gasteiger partial charge in [-0.25, -0.2) is 0 Å². The predicted octanol–water partition coefficient (Wildman–Crippen LogP) is 1.78. The standard InChI is InChI=1S/C16H18N2O2/c1-18-13-14(12-17-18)9-11-20-16-8-3-2-6-15(16)7-4-5-10-19/h2-3,6,8,12-13,19H,5,9-11H2,1H3. The second-order valence-corrected chi connectivity index (χ2v) is 4.39. The molecule has 1 aromatic heterocycles. The van der Waals surface area contributed by atoms with Crippen molar-refractivity contribution < 1.29 is 9.84 Å². The van der Waals surface area contributed by atoms with E-state index in [9.17, 15) is 0 Å². The summed E-state index contributed by atoms with van der Waals surface area (Å²) in [5.74, 6) is 6.70. The van der Waals surface area contributed by atoms with E-state index < -0.39 is 0 Å². The predicted molar refractivity (Wildman–Crippen MR) is 77.4 cm³/mol. The molecule has 0 aliphatic rings. The number of rotatable bonds is 5. The van der Waals surface area contributed by atoms with Crippen LogP contribution in [0.15, 0.2) is 36.7 Å². The Labute approximate surface area is 119 Å². The van der Waals surface area contributed by atoms with Crippen LogP contribution in [0.1, 0.15) is 17.5 Å². The van der Waals surface area contributed by atoms with E-state index in [0.29, 0.717) is 13.0 Å². The number of aliphatic hydroxyl groups is 1. The van der Waals surface area contributed by atoms with Gasteiger partial charge in [-0.3, -0.25) is 4.68 Å². The van der Waals surface area contributed by atoms with Crippen LogP contribution in [0.2, 0.25) is 0 Å². The van der Waals surface area contributed by atoms with Gasteiger partial charge in [0.2, 0.25) is 0 Å². The second kappa shape index (κ2) is 7.37. The zero-order valence-corrected chi connectivity index (χ0v) is 11.5. The highest BCUT2D eigenvalue weighted by atomic mass is 16.5. The minimum absolute atomic E-state index is 0.0804. The first-order valence-corrected chi connectivity index (χ1v) is 6.58. The highest BCUT2D eigenvalue weighted by Gasteiger charge is 2.01. The normalized spacial score (nSPS) is 9.90. The Morgan fingerprint density at radius 1 is 1.35 bits per heavy atom. The first-order chi connectivity index (χ1) is 9.79. The zero-order chi connectivity index (χ0) is 14.2. The second-order valence-electron chi connectivity index (χ2n) is 4.39. The minimum atomic E-state index is 0.0804. The number of hydrogen-bond acceptors (Lipinski definition) is 3. The SMILES string of the molecule is Cn1cc(CCOc2ccccc2C#CCCO)cn1. The summed E-state index contributed by atoms with van der Waals surface area (Å²) in [5.41, 5.74) is 2.00. The van der Waals surface area contributed by atoms with Crippen molar-refractivity contribution in [3.63, 3.8) is 0 Å². The number of aliphatic hydroxyl groups excluding tert-OH is 1. The number of aryl methyl sites for hydroxylation is 1. The quantitative estimate of drug-likeness (QED) is 0.842. The van der Waals surface area contributed by atoms with Crippen LogP contribution in [0.5, 0.6) is 5.75 Å². The summed E-state index contributed by atoms with van der Waals surface area (Å²) in [6.45, 7) is 0.668. The Bertz CT molecular complexity index is 608. The molecule has 0 saturated heterocycles. The van der Waals surface area contributed by atoms with Gasteiger partial charge < -0.3 is 9.84 Å². The van der Waals surface area contributed by atoms with Crippen molar-refractivity contribution in [2.75, 3.05) is 13.2 Å². The summed E-state index contributed by atoms with van der Waals surface area (Å²) in [5, 5.41) is 12.9. The van der Waals surface area contributed by atoms with E-state index in [0.717, 1.165) is 23.3 Å². The van der Waals surface area contributed by atoms with E-state index in [-0.39, 0.29) is 6.61 Å². The highest BCUT2D eigenvalue weighted by Crippen LogP contribution is 2.17. The van der Waals surface area contributed by atoms with Crippen molar-refractivity contribution in [3.05, 3.63) is 47.8 Å². The Balaban J connectivity index is 1.94. The van der Waals surface area contributed by atoms with E-state index in [2.05, 4.69) is 16.9 Å². The van der Waals surface area contributed by atoms with Crippen LogP contribution >= 0.6 is 0 Å². The van der Waals surface area contributed by atoms with Gasteiger partial charge in [-0.2, -0.15) is 5.10 Å². The average molecular weight is 270 g/mol. The Kier molecular flexibility index (Phi) is 5.22. The molecule has 1 aromatic carbocycles. The molecule has 0 amide bonds. The molecule has 104 valence electrons. The third-order valence-corrected chi connectivity index (χ3v) is 2.75. The number of ether oxygens (including phenoxy) is 1. The summed E-state index contributed by atoms with van der Waals surface area (Å²) in [7, 11) is 1.90. The Morgan fingerprint density at radius 3 is 2.95 bits per heavy atom. The maximum Gasteiger partial charge on any atom is 0.134 e. The zero-order valence-electron chi connectivity index (χ0n) is 11.5. The molecule has 0 spiro atoms. The van der Waals surface area contributed by atoms with Gasteiger partial charge in [0.25, 0.3) is 0 Å². The molecule has 4 nitrogen and oxygen atoms in total. The number of benzene rings is 1. The van der Waals surface area contributed by atoms with E-state index in [1.807, 2.05) is 43.7 Å². The molecule has 0 saturated carbocycles. The fourth-order valence-electron chi connectivity index (χ4n) is 1.79. The molecule has 0 radical (unpaired) electrons. The molecule has 20 heavy (non-hydrogen) atoms. The molecule has 0 fully saturated rings. The number of para-hydroxylation sites is 1. The molecule has 0 unspecified atom stereocenters. The van der Waals surface area contributed by atoms with Crippen LogP contribution in [0.4, 0.5) is 0 Å². The van der Waals surface area contributed by atoms with Crippen LogP contribution in [-0.4, -0.2) is 28.1 Å². The van der Waals surface area contributed by atoms with Crippen LogP contribution < -0.4 is 4.74 Å². The van der Waals surface area contributed by atoms with Crippen LogP contribution in [0.25, 0.3) is 0 Å². The fraction of sp³-hybridized carbons (Fsp3) is 0.312. The van der Waals surface area contributed by atoms with Gasteiger partial charge in [0.15, 0.2) is 0 Å². The van der Waals surface area contributed by atoms with Gasteiger partial charge in [-0.1, -0.05) is 24.0 Å². The molecular weight excluding hydrogens is 252 g/mol. The molecule has 1 N–H and O–H groups in total. The van der Waals surface area contributed by atoms with Gasteiger partial charge in [-0.15, -0.1) is 0 Å². The lowest BCUT2D eigenvalue weighted by atomic mass is 10.2. The first-order valence-electron chi connectivity index (χ1n) is 6.58. The molecular formula is C16H18N2O2. The minimum Gasteiger partial charge on any atom is -0.492 e. The lowest BCUT2D eigenvalue weighted by Gasteiger charge is -2.07. The van der Waals surface area contributed by atoms with Gasteiger partial charge >= 0.3 is 0 Å². The third-order valence-electron chi connectivity index (χ3n) is 2.75. The average Bonchev–Trinajstić information content (AvgIpc) is 2.86. The molecule has 2 aromatic rings. The van der Waals surface area contributed by atoms with Crippen molar-refractivity contribution in [2.45, 2.75) is 12.8 Å². The fourth-order valence-corrected chi connectivity index (χ4v) is 1.79. The lowest BCUT2D eigenvalue weighted by molar-refractivity contribution is 0.305. The van der Waals surface area contributed by atoms with E-state index >= 15 is 0 Å². The van der Waals surface area contributed by atoms with Gasteiger partial charge in [0, 0.05) is 26.1 Å². The monoisotopic (exact) mass is 270 g/mol. The topological polar surface area (TPSA) is 47.3 Å². The molecule has 1 heterocycles. The number of hydrogen-bond donors (Lipinski definition) is 1. The summed E-state index contributed by atoms with van der Waals surface area (Å²) < 4.78 is 7.56. The van der Waals surface area contributed by atoms with Crippen molar-refractivity contribution >= 4 is 0 Å². The van der Waals surface area contributed by atoms with Crippen LogP contribution in [0.3, 0.4) is 0 Å². The summed E-state index contributed by atoms with van der Waals surface area (Å²) in [4.78, 5) is 0. The summed E-state index contributed by atoms with van der Waals surface area (Å²) in [6.07, 6.45) is 5.11. The smallest absolute Gasteiger partial charge is 0.134 e. The highest BCUT2D eigenvalue weighted by molar-refractivity contribution is 5.45. The van der Waals surface area contributed by atoms with Crippen molar-refractivity contribution in [3.8, 4) is 17.6 Å². The molecule has 0 aliphatic carbocycles. The lowest BCUT2D eigenvalue weighted by Crippen LogP contribution is -2.02. The maximum absolute atomic E-state index is 8.74. The maximum atomic E-state index is 8.74. The first kappa shape index (κ1) is 14.2. The van der Waals surface area contributed by atoms with Crippen LogP contribution in [0, 0.1) is 11.8 Å². The van der Waals surface area contributed by atoms with Crippen molar-refractivity contribution in [2.24, 2.45) is 7.05 Å². The summed E-state index contributed by atoms with van der Waals surface area (Å²) >= 11 is 0. The van der Waals surface area contributed by atoms with E-state index in [1.54, 1.807) is 4.68 Å². The van der Waals surface area contributed by atoms with E-state index in [1.165, 1.54) is 0 Å². The summed E-state index contributed by atoms with van der Waals surface area (Å²) in [6, 6.07) is 7.68. The van der Waals surface area contributed by atoms with Crippen LogP contribution in [-0.2, 0) is 13.5 Å². The van der Waals surface area contributed by atoms with Crippen molar-refractivity contribution in [1.29, 1.82) is 0 Å². The number of aromatic nitrogens is 2. The Morgan fingerprint density at radius 2 is 2.20 bits per heavy atom. The molecule has 0 aliphatic heterocycles. The number of nitrogens with zero attached hydrogens (tertiary/aromatic N) is 2. The third kappa shape index (κ3) is 4.15. The van der Waals surface area contributed by atoms with Crippen molar-refractivity contribution in [1.82, 2.24) is 9.78 Å². The Hall–Kier alpha value is -2.25. The molecule has 0 bridgehead atoms. The van der Waals surface area contributed by atoms with Gasteiger partial charge in [0.05, 0.1) is 25.0 Å².